The van der Waals surface area contributed by atoms with E-state index in [0.717, 1.165) is 11.8 Å². The molecule has 1 N–H and O–H groups in total. The summed E-state index contributed by atoms with van der Waals surface area (Å²) < 4.78 is 0. The number of nitrogens with zero attached hydrogens (tertiary/aromatic N) is 1. The first-order chi connectivity index (χ1) is 6.15. The Kier molecular flexibility index (Phi) is 2.37. The summed E-state index contributed by atoms with van der Waals surface area (Å²) in [4.78, 5) is 2.49. The van der Waals surface area contributed by atoms with Crippen molar-refractivity contribution in [1.82, 2.24) is 10.2 Å². The molecule has 2 nitrogen and oxygen atoms in total. The van der Waals surface area contributed by atoms with E-state index in [4.69, 9.17) is 0 Å². The van der Waals surface area contributed by atoms with Gasteiger partial charge in [-0.15, -0.1) is 0 Å². The van der Waals surface area contributed by atoms with E-state index in [9.17, 15) is 0 Å². The molecule has 2 aliphatic heterocycles. The largest absolute Gasteiger partial charge is 0.316 e. The first-order valence-electron chi connectivity index (χ1n) is 5.54. The highest BCUT2D eigenvalue weighted by Crippen LogP contribution is 2.44. The fraction of sp³-hybridized carbons (Fsp3) is 1.00. The van der Waals surface area contributed by atoms with Crippen molar-refractivity contribution in [3.63, 3.8) is 0 Å². The predicted molar refractivity (Wildman–Crippen MR) is 55.7 cm³/mol. The Morgan fingerprint density at radius 1 is 1.23 bits per heavy atom. The Morgan fingerprint density at radius 2 is 1.85 bits per heavy atom. The Morgan fingerprint density at radius 3 is 2.31 bits per heavy atom. The minimum absolute atomic E-state index is 0.618. The van der Waals surface area contributed by atoms with Crippen LogP contribution in [-0.2, 0) is 0 Å². The highest BCUT2D eigenvalue weighted by atomic mass is 15.1. The van der Waals surface area contributed by atoms with Gasteiger partial charge in [-0.25, -0.2) is 0 Å². The first kappa shape index (κ1) is 9.47. The van der Waals surface area contributed by atoms with Gasteiger partial charge in [-0.05, 0) is 37.3 Å². The summed E-state index contributed by atoms with van der Waals surface area (Å²) in [5, 5.41) is 3.54. The molecule has 2 rings (SSSR count). The van der Waals surface area contributed by atoms with E-state index in [2.05, 4.69) is 31.1 Å². The van der Waals surface area contributed by atoms with Crippen molar-refractivity contribution in [1.29, 1.82) is 0 Å². The average molecular weight is 182 g/mol. The third-order valence-electron chi connectivity index (χ3n) is 4.36. The highest BCUT2D eigenvalue weighted by Gasteiger charge is 2.46. The number of rotatable bonds is 0. The van der Waals surface area contributed by atoms with Crippen LogP contribution in [0.1, 0.15) is 20.3 Å². The second kappa shape index (κ2) is 3.25. The number of hydrogen-bond acceptors (Lipinski definition) is 2. The SMILES string of the molecule is CC1CN(C)CC(C)C12CCNC2. The maximum atomic E-state index is 3.54. The minimum atomic E-state index is 0.618. The molecule has 0 aliphatic carbocycles. The number of likely N-dealkylation sites (tertiary alicyclic amines) is 1. The van der Waals surface area contributed by atoms with Gasteiger partial charge in [0.2, 0.25) is 0 Å². The third-order valence-corrected chi connectivity index (χ3v) is 4.36. The normalized spacial score (nSPS) is 47.3. The van der Waals surface area contributed by atoms with Gasteiger partial charge in [-0.1, -0.05) is 13.8 Å². The van der Waals surface area contributed by atoms with E-state index in [0.29, 0.717) is 5.41 Å². The Balaban J connectivity index is 2.16. The van der Waals surface area contributed by atoms with E-state index in [1.54, 1.807) is 0 Å². The molecule has 2 saturated heterocycles. The summed E-state index contributed by atoms with van der Waals surface area (Å²) in [6, 6.07) is 0. The van der Waals surface area contributed by atoms with Gasteiger partial charge >= 0.3 is 0 Å². The van der Waals surface area contributed by atoms with Crippen LogP contribution in [0, 0.1) is 17.3 Å². The first-order valence-corrected chi connectivity index (χ1v) is 5.54. The lowest BCUT2D eigenvalue weighted by molar-refractivity contribution is 0.0158. The summed E-state index contributed by atoms with van der Waals surface area (Å²) in [7, 11) is 2.25. The molecule has 0 radical (unpaired) electrons. The molecule has 76 valence electrons. The molecule has 0 amide bonds. The van der Waals surface area contributed by atoms with Crippen LogP contribution in [0.3, 0.4) is 0 Å². The zero-order valence-electron chi connectivity index (χ0n) is 9.14. The van der Waals surface area contributed by atoms with Crippen molar-refractivity contribution < 1.29 is 0 Å². The van der Waals surface area contributed by atoms with E-state index in [1.165, 1.54) is 32.6 Å². The fourth-order valence-corrected chi connectivity index (χ4v) is 3.43. The van der Waals surface area contributed by atoms with Crippen LogP contribution < -0.4 is 5.32 Å². The number of nitrogens with one attached hydrogen (secondary N) is 1. The van der Waals surface area contributed by atoms with Crippen LogP contribution in [-0.4, -0.2) is 38.1 Å². The van der Waals surface area contributed by atoms with Gasteiger partial charge in [0.15, 0.2) is 0 Å². The van der Waals surface area contributed by atoms with Crippen LogP contribution in [0.25, 0.3) is 0 Å². The summed E-state index contributed by atoms with van der Waals surface area (Å²) in [5.41, 5.74) is 0.618. The molecule has 0 bridgehead atoms. The molecule has 2 atom stereocenters. The van der Waals surface area contributed by atoms with Crippen LogP contribution in [0.4, 0.5) is 0 Å². The van der Waals surface area contributed by atoms with Gasteiger partial charge in [0.05, 0.1) is 0 Å². The monoisotopic (exact) mass is 182 g/mol. The highest BCUT2D eigenvalue weighted by molar-refractivity contribution is 4.99. The van der Waals surface area contributed by atoms with Crippen LogP contribution in [0.15, 0.2) is 0 Å². The molecule has 0 aromatic rings. The summed E-state index contributed by atoms with van der Waals surface area (Å²) in [6.07, 6.45) is 1.39. The molecule has 2 heteroatoms. The smallest absolute Gasteiger partial charge is 0.00144 e. The van der Waals surface area contributed by atoms with E-state index in [-0.39, 0.29) is 0 Å². The second-order valence-electron chi connectivity index (χ2n) is 5.18. The van der Waals surface area contributed by atoms with Gasteiger partial charge < -0.3 is 10.2 Å². The molecule has 2 heterocycles. The molecule has 2 aliphatic rings. The van der Waals surface area contributed by atoms with Crippen molar-refractivity contribution >= 4 is 0 Å². The third kappa shape index (κ3) is 1.40. The van der Waals surface area contributed by atoms with Gasteiger partial charge in [-0.2, -0.15) is 0 Å². The van der Waals surface area contributed by atoms with Crippen molar-refractivity contribution in [3.8, 4) is 0 Å². The van der Waals surface area contributed by atoms with Crippen molar-refractivity contribution in [2.24, 2.45) is 17.3 Å². The quantitative estimate of drug-likeness (QED) is 0.605. The van der Waals surface area contributed by atoms with Crippen molar-refractivity contribution in [3.05, 3.63) is 0 Å². The van der Waals surface area contributed by atoms with E-state index in [1.807, 2.05) is 0 Å². The molecule has 0 saturated carbocycles. The van der Waals surface area contributed by atoms with Crippen molar-refractivity contribution in [2.45, 2.75) is 20.3 Å². The van der Waals surface area contributed by atoms with Crippen LogP contribution in [0.5, 0.6) is 0 Å². The molecular weight excluding hydrogens is 160 g/mol. The Bertz CT molecular complexity index is 171. The van der Waals surface area contributed by atoms with Gasteiger partial charge in [-0.3, -0.25) is 0 Å². The lowest BCUT2D eigenvalue weighted by Gasteiger charge is -2.48. The number of hydrogen-bond donors (Lipinski definition) is 1. The zero-order valence-corrected chi connectivity index (χ0v) is 9.14. The van der Waals surface area contributed by atoms with Gasteiger partial charge in [0.25, 0.3) is 0 Å². The molecule has 2 fully saturated rings. The van der Waals surface area contributed by atoms with Crippen molar-refractivity contribution in [2.75, 3.05) is 33.2 Å². The molecule has 0 aromatic heterocycles. The van der Waals surface area contributed by atoms with Crippen LogP contribution in [0.2, 0.25) is 0 Å². The molecule has 2 unspecified atom stereocenters. The summed E-state index contributed by atoms with van der Waals surface area (Å²) >= 11 is 0. The standard InChI is InChI=1S/C11H22N2/c1-9-6-13(3)7-10(2)11(9)4-5-12-8-11/h9-10,12H,4-8H2,1-3H3. The number of piperidine rings is 1. The molecular formula is C11H22N2. The molecule has 0 aromatic carbocycles. The molecule has 1 spiro atoms. The predicted octanol–water partition coefficient (Wildman–Crippen LogP) is 1.18. The average Bonchev–Trinajstić information content (AvgIpc) is 2.50. The maximum Gasteiger partial charge on any atom is 0.00144 e. The molecule has 13 heavy (non-hydrogen) atoms. The van der Waals surface area contributed by atoms with Gasteiger partial charge in [0, 0.05) is 19.6 Å². The Labute approximate surface area is 81.7 Å². The zero-order chi connectivity index (χ0) is 9.47. The summed E-state index contributed by atoms with van der Waals surface area (Å²) in [6.45, 7) is 9.91. The fourth-order valence-electron chi connectivity index (χ4n) is 3.43. The minimum Gasteiger partial charge on any atom is -0.316 e. The van der Waals surface area contributed by atoms with Gasteiger partial charge in [0.1, 0.15) is 0 Å². The van der Waals surface area contributed by atoms with E-state index >= 15 is 0 Å². The summed E-state index contributed by atoms with van der Waals surface area (Å²) in [5.74, 6) is 1.72. The maximum absolute atomic E-state index is 3.54. The lowest BCUT2D eigenvalue weighted by atomic mass is 9.64. The van der Waals surface area contributed by atoms with E-state index < -0.39 is 0 Å². The topological polar surface area (TPSA) is 15.3 Å². The second-order valence-corrected chi connectivity index (χ2v) is 5.18. The Hall–Kier alpha value is -0.0800. The lowest BCUT2D eigenvalue weighted by Crippen LogP contribution is -2.51. The van der Waals surface area contributed by atoms with Crippen LogP contribution >= 0.6 is 0 Å².